The van der Waals surface area contributed by atoms with E-state index in [2.05, 4.69) is 21.0 Å². The van der Waals surface area contributed by atoms with Gasteiger partial charge in [0.2, 0.25) is 0 Å². The fourth-order valence-corrected chi connectivity index (χ4v) is 1.78. The van der Waals surface area contributed by atoms with Gasteiger partial charge in [-0.15, -0.1) is 0 Å². The van der Waals surface area contributed by atoms with Crippen molar-refractivity contribution in [3.05, 3.63) is 28.9 Å². The molecule has 0 aliphatic carbocycles. The van der Waals surface area contributed by atoms with E-state index < -0.39 is 0 Å². The minimum absolute atomic E-state index is 1.07. The summed E-state index contributed by atoms with van der Waals surface area (Å²) >= 11 is 3.51. The lowest BCUT2D eigenvalue weighted by atomic mass is 10.3. The topological polar surface area (TPSA) is 17.8 Å². The molecule has 0 spiro atoms. The zero-order valence-electron chi connectivity index (χ0n) is 8.08. The number of hydrogen-bond acceptors (Lipinski definition) is 1. The molecule has 0 saturated heterocycles. The monoisotopic (exact) mass is 240 g/mol. The highest BCUT2D eigenvalue weighted by Gasteiger charge is 1.94. The van der Waals surface area contributed by atoms with E-state index in [-0.39, 0.29) is 0 Å². The summed E-state index contributed by atoms with van der Waals surface area (Å²) in [6, 6.07) is 0. The van der Waals surface area contributed by atoms with Crippen molar-refractivity contribution in [1.29, 1.82) is 0 Å². The predicted octanol–water partition coefficient (Wildman–Crippen LogP) is 1.30. The smallest absolute Gasteiger partial charge is 0.0647 e. The first-order valence-corrected chi connectivity index (χ1v) is 4.97. The Morgan fingerprint density at radius 2 is 2.23 bits per heavy atom. The highest BCUT2D eigenvalue weighted by Crippen LogP contribution is 2.03. The molecule has 0 fully saturated rings. The summed E-state index contributed by atoms with van der Waals surface area (Å²) < 4.78 is 2.93. The van der Waals surface area contributed by atoms with Gasteiger partial charge in [0.25, 0.3) is 0 Å². The van der Waals surface area contributed by atoms with Crippen LogP contribution in [0.15, 0.2) is 18.3 Å². The van der Waals surface area contributed by atoms with Crippen LogP contribution in [0.3, 0.4) is 0 Å². The Balaban J connectivity index is 3.55. The highest BCUT2D eigenvalue weighted by atomic mass is 79.9. The van der Waals surface area contributed by atoms with Gasteiger partial charge in [0.05, 0.1) is 11.5 Å². The molecule has 1 aromatic heterocycles. The van der Waals surface area contributed by atoms with Crippen LogP contribution >= 0.6 is 15.9 Å². The molecule has 0 amide bonds. The van der Waals surface area contributed by atoms with Gasteiger partial charge in [-0.2, -0.15) is 5.10 Å². The zero-order valence-corrected chi connectivity index (χ0v) is 9.67. The lowest BCUT2D eigenvalue weighted by Crippen LogP contribution is -2.28. The maximum absolute atomic E-state index is 4.19. The van der Waals surface area contributed by atoms with Crippen molar-refractivity contribution in [3.63, 3.8) is 0 Å². The Morgan fingerprint density at radius 1 is 1.54 bits per heavy atom. The summed E-state index contributed by atoms with van der Waals surface area (Å²) in [7, 11) is 1.94. The summed E-state index contributed by atoms with van der Waals surface area (Å²) in [5.41, 5.74) is 0. The summed E-state index contributed by atoms with van der Waals surface area (Å²) in [6.45, 7) is 4.00. The minimum Gasteiger partial charge on any atom is -0.268 e. The number of halogens is 1. The largest absolute Gasteiger partial charge is 0.268 e. The molecule has 0 N–H and O–H groups in total. The number of nitrogens with zero attached hydrogens (tertiary/aromatic N) is 2. The zero-order chi connectivity index (χ0) is 9.84. The van der Waals surface area contributed by atoms with Crippen molar-refractivity contribution in [2.24, 2.45) is 7.05 Å². The van der Waals surface area contributed by atoms with E-state index in [9.17, 15) is 0 Å². The Labute approximate surface area is 86.4 Å². The Hall–Kier alpha value is -0.830. The van der Waals surface area contributed by atoms with E-state index in [4.69, 9.17) is 0 Å². The number of aryl methyl sites for hydroxylation is 1. The summed E-state index contributed by atoms with van der Waals surface area (Å²) in [4.78, 5) is 0. The molecule has 1 aromatic rings. The fourth-order valence-electron chi connectivity index (χ4n) is 1.21. The maximum atomic E-state index is 4.19. The van der Waals surface area contributed by atoms with Crippen LogP contribution in [0.5, 0.6) is 0 Å². The normalized spacial score (nSPS) is 15.5. The van der Waals surface area contributed by atoms with Crippen LogP contribution in [0.1, 0.15) is 13.8 Å². The molecule has 0 radical (unpaired) electrons. The molecule has 0 aromatic carbocycles. The van der Waals surface area contributed by atoms with Crippen LogP contribution in [0.4, 0.5) is 0 Å². The fraction of sp³-hybridized carbons (Fsp3) is 0.300. The van der Waals surface area contributed by atoms with Gasteiger partial charge in [-0.05, 0) is 13.8 Å². The molecule has 70 valence electrons. The van der Waals surface area contributed by atoms with Crippen molar-refractivity contribution in [3.8, 4) is 0 Å². The van der Waals surface area contributed by atoms with Crippen LogP contribution in [0.2, 0.25) is 0 Å². The van der Waals surface area contributed by atoms with Gasteiger partial charge < -0.3 is 0 Å². The van der Waals surface area contributed by atoms with Crippen LogP contribution in [0.25, 0.3) is 10.6 Å². The second kappa shape index (κ2) is 4.42. The number of hydrogen-bond donors (Lipinski definition) is 0. The van der Waals surface area contributed by atoms with Gasteiger partial charge in [0.1, 0.15) is 0 Å². The molecule has 1 heterocycles. The van der Waals surface area contributed by atoms with E-state index in [1.54, 1.807) is 0 Å². The van der Waals surface area contributed by atoms with E-state index in [1.807, 2.05) is 50.0 Å². The average Bonchev–Trinajstić information content (AvgIpc) is 2.47. The van der Waals surface area contributed by atoms with Crippen molar-refractivity contribution in [2.75, 3.05) is 0 Å². The van der Waals surface area contributed by atoms with E-state index in [1.165, 1.54) is 0 Å². The lowest BCUT2D eigenvalue weighted by Gasteiger charge is -1.88. The van der Waals surface area contributed by atoms with E-state index in [0.29, 0.717) is 0 Å². The molecule has 13 heavy (non-hydrogen) atoms. The highest BCUT2D eigenvalue weighted by molar-refractivity contribution is 9.15. The molecular formula is C10H13BrN2. The van der Waals surface area contributed by atoms with Crippen molar-refractivity contribution in [2.45, 2.75) is 13.8 Å². The first-order valence-electron chi connectivity index (χ1n) is 4.17. The molecular weight excluding hydrogens is 228 g/mol. The standard InChI is InChI=1S/C10H13BrN2/c1-4-6-9(11)8-7-12-13(3)10(8)5-2/h4-7H,1-3H3/b6-4+,9-8+,10-5+. The second-order valence-electron chi connectivity index (χ2n) is 2.70. The molecule has 0 aliphatic heterocycles. The lowest BCUT2D eigenvalue weighted by molar-refractivity contribution is 0.742. The molecule has 1 rings (SSSR count). The van der Waals surface area contributed by atoms with Crippen LogP contribution in [-0.4, -0.2) is 9.78 Å². The quantitative estimate of drug-likeness (QED) is 0.724. The van der Waals surface area contributed by atoms with Crippen LogP contribution < -0.4 is 10.6 Å². The van der Waals surface area contributed by atoms with Gasteiger partial charge in [-0.25, -0.2) is 0 Å². The molecule has 0 bridgehead atoms. The Bertz CT molecular complexity index is 426. The molecule has 0 unspecified atom stereocenters. The average molecular weight is 241 g/mol. The number of aromatic nitrogens is 2. The third-order valence-corrected chi connectivity index (χ3v) is 2.52. The third kappa shape index (κ3) is 2.10. The molecule has 3 heteroatoms. The summed E-state index contributed by atoms with van der Waals surface area (Å²) in [5, 5.41) is 6.45. The van der Waals surface area contributed by atoms with Gasteiger partial charge in [-0.1, -0.05) is 34.2 Å². The number of rotatable bonds is 1. The first kappa shape index (κ1) is 10.3. The second-order valence-corrected chi connectivity index (χ2v) is 3.56. The molecule has 2 nitrogen and oxygen atoms in total. The predicted molar refractivity (Wildman–Crippen MR) is 59.7 cm³/mol. The van der Waals surface area contributed by atoms with Crippen molar-refractivity contribution >= 4 is 26.5 Å². The third-order valence-electron chi connectivity index (χ3n) is 1.83. The van der Waals surface area contributed by atoms with Crippen LogP contribution in [-0.2, 0) is 7.05 Å². The van der Waals surface area contributed by atoms with Gasteiger partial charge in [-0.3, -0.25) is 4.68 Å². The maximum Gasteiger partial charge on any atom is 0.0647 e. The SMILES string of the molecule is C/C=C/C(Br)=c1/cnn(C)/c1=C/C. The van der Waals surface area contributed by atoms with Crippen LogP contribution in [0, 0.1) is 0 Å². The van der Waals surface area contributed by atoms with Gasteiger partial charge in [0, 0.05) is 16.7 Å². The number of allylic oxidation sites excluding steroid dienone is 2. The Morgan fingerprint density at radius 3 is 2.77 bits per heavy atom. The van der Waals surface area contributed by atoms with E-state index >= 15 is 0 Å². The van der Waals surface area contributed by atoms with E-state index in [0.717, 1.165) is 15.1 Å². The van der Waals surface area contributed by atoms with Gasteiger partial charge >= 0.3 is 0 Å². The van der Waals surface area contributed by atoms with Crippen molar-refractivity contribution < 1.29 is 0 Å². The minimum atomic E-state index is 1.07. The Kier molecular flexibility index (Phi) is 3.48. The first-order chi connectivity index (χ1) is 6.20. The van der Waals surface area contributed by atoms with Gasteiger partial charge in [0.15, 0.2) is 0 Å². The summed E-state index contributed by atoms with van der Waals surface area (Å²) in [5.74, 6) is 0. The summed E-state index contributed by atoms with van der Waals surface area (Å²) in [6.07, 6.45) is 7.92. The molecule has 0 atom stereocenters. The van der Waals surface area contributed by atoms with Crippen molar-refractivity contribution in [1.82, 2.24) is 9.78 Å². The molecule has 0 saturated carbocycles. The molecule has 0 aliphatic rings.